The minimum absolute atomic E-state index is 0.0878. The summed E-state index contributed by atoms with van der Waals surface area (Å²) in [5, 5.41) is 0. The van der Waals surface area contributed by atoms with Crippen molar-refractivity contribution >= 4 is 22.8 Å². The molecule has 5 heteroatoms. The molecule has 4 nitrogen and oxygen atoms in total. The lowest BCUT2D eigenvalue weighted by Crippen LogP contribution is -2.24. The van der Waals surface area contributed by atoms with Crippen molar-refractivity contribution in [2.75, 3.05) is 13.0 Å². The number of nitrogens with zero attached hydrogens (tertiary/aromatic N) is 3. The van der Waals surface area contributed by atoms with E-state index in [9.17, 15) is 0 Å². The van der Waals surface area contributed by atoms with Gasteiger partial charge in [0, 0.05) is 23.9 Å². The number of alkyl halides is 1. The molecule has 0 aromatic carbocycles. The van der Waals surface area contributed by atoms with Gasteiger partial charge in [0.05, 0.1) is 7.11 Å². The number of ether oxygens (including phenoxy) is 1. The predicted molar refractivity (Wildman–Crippen MR) is 73.5 cm³/mol. The number of fused-ring (bicyclic) bond motifs is 1. The maximum Gasteiger partial charge on any atom is 0.215 e. The zero-order valence-corrected chi connectivity index (χ0v) is 12.0. The number of imidazole rings is 1. The normalized spacial score (nSPS) is 12.1. The minimum Gasteiger partial charge on any atom is -0.481 e. The molecule has 0 aliphatic carbocycles. The van der Waals surface area contributed by atoms with Gasteiger partial charge in [-0.25, -0.2) is 4.98 Å². The van der Waals surface area contributed by atoms with Gasteiger partial charge in [0.1, 0.15) is 11.3 Å². The summed E-state index contributed by atoms with van der Waals surface area (Å²) in [6.45, 7) is 6.40. The molecule has 2 aromatic rings. The highest BCUT2D eigenvalue weighted by Gasteiger charge is 2.22. The van der Waals surface area contributed by atoms with E-state index in [1.807, 2.05) is 12.1 Å². The first kappa shape index (κ1) is 13.1. The van der Waals surface area contributed by atoms with E-state index in [1.165, 1.54) is 0 Å². The number of rotatable bonds is 3. The van der Waals surface area contributed by atoms with Gasteiger partial charge in [0.25, 0.3) is 0 Å². The van der Waals surface area contributed by atoms with Crippen molar-refractivity contribution in [1.82, 2.24) is 14.5 Å². The molecule has 0 saturated heterocycles. The van der Waals surface area contributed by atoms with Crippen molar-refractivity contribution in [3.63, 3.8) is 0 Å². The SMILES string of the molecule is COc1ccc2nc(CCCl)n(C(C)(C)C)c2n1. The smallest absolute Gasteiger partial charge is 0.215 e. The van der Waals surface area contributed by atoms with E-state index in [0.717, 1.165) is 23.4 Å². The van der Waals surface area contributed by atoms with Crippen molar-refractivity contribution in [3.8, 4) is 5.88 Å². The van der Waals surface area contributed by atoms with Crippen LogP contribution in [0.4, 0.5) is 0 Å². The number of methoxy groups -OCH3 is 1. The highest BCUT2D eigenvalue weighted by atomic mass is 35.5. The molecular formula is C13H18ClN3O. The Morgan fingerprint density at radius 2 is 2.00 bits per heavy atom. The van der Waals surface area contributed by atoms with Gasteiger partial charge in [-0.2, -0.15) is 4.98 Å². The van der Waals surface area contributed by atoms with Crippen molar-refractivity contribution in [1.29, 1.82) is 0 Å². The second kappa shape index (κ2) is 4.76. The summed E-state index contributed by atoms with van der Waals surface area (Å²) in [5.74, 6) is 2.12. The standard InChI is InChI=1S/C13H18ClN3O/c1-13(2,3)17-10(7-8-14)15-9-5-6-11(18-4)16-12(9)17/h5-6H,7-8H2,1-4H3. The predicted octanol–water partition coefficient (Wildman–Crippen LogP) is 2.98. The van der Waals surface area contributed by atoms with Crippen LogP contribution in [0.25, 0.3) is 11.2 Å². The number of aromatic nitrogens is 3. The van der Waals surface area contributed by atoms with E-state index in [0.29, 0.717) is 11.8 Å². The molecule has 2 heterocycles. The molecule has 0 atom stereocenters. The third-order valence-corrected chi connectivity index (χ3v) is 2.94. The number of aryl methyl sites for hydroxylation is 1. The maximum absolute atomic E-state index is 5.85. The van der Waals surface area contributed by atoms with Gasteiger partial charge < -0.3 is 9.30 Å². The van der Waals surface area contributed by atoms with Gasteiger partial charge in [-0.15, -0.1) is 11.6 Å². The van der Waals surface area contributed by atoms with Crippen molar-refractivity contribution < 1.29 is 4.74 Å². The fraction of sp³-hybridized carbons (Fsp3) is 0.538. The first-order valence-electron chi connectivity index (χ1n) is 5.96. The van der Waals surface area contributed by atoms with E-state index in [-0.39, 0.29) is 5.54 Å². The number of halogens is 1. The van der Waals surface area contributed by atoms with E-state index in [1.54, 1.807) is 7.11 Å². The highest BCUT2D eigenvalue weighted by Crippen LogP contribution is 2.25. The Kier molecular flexibility index (Phi) is 3.48. The van der Waals surface area contributed by atoms with Crippen molar-refractivity contribution in [2.24, 2.45) is 0 Å². The second-order valence-corrected chi connectivity index (χ2v) is 5.55. The third-order valence-electron chi connectivity index (χ3n) is 2.75. The average Bonchev–Trinajstić information content (AvgIpc) is 2.65. The van der Waals surface area contributed by atoms with Gasteiger partial charge in [-0.05, 0) is 26.8 Å². The molecule has 0 N–H and O–H groups in total. The van der Waals surface area contributed by atoms with Gasteiger partial charge in [0.15, 0.2) is 5.65 Å². The zero-order valence-electron chi connectivity index (χ0n) is 11.2. The Morgan fingerprint density at radius 3 is 2.56 bits per heavy atom. The molecule has 0 aliphatic heterocycles. The van der Waals surface area contributed by atoms with Crippen molar-refractivity contribution in [2.45, 2.75) is 32.7 Å². The molecule has 0 aliphatic rings. The Balaban J connectivity index is 2.70. The van der Waals surface area contributed by atoms with Crippen LogP contribution >= 0.6 is 11.6 Å². The Bertz CT molecular complexity index is 557. The molecule has 0 amide bonds. The Labute approximate surface area is 112 Å². The monoisotopic (exact) mass is 267 g/mol. The van der Waals surface area contributed by atoms with Gasteiger partial charge >= 0.3 is 0 Å². The molecule has 18 heavy (non-hydrogen) atoms. The quantitative estimate of drug-likeness (QED) is 0.803. The molecule has 2 rings (SSSR count). The van der Waals surface area contributed by atoms with Gasteiger partial charge in [0.2, 0.25) is 5.88 Å². The topological polar surface area (TPSA) is 39.9 Å². The fourth-order valence-electron chi connectivity index (χ4n) is 2.06. The number of pyridine rings is 1. The molecule has 0 unspecified atom stereocenters. The molecule has 0 saturated carbocycles. The largest absolute Gasteiger partial charge is 0.481 e. The Morgan fingerprint density at radius 1 is 1.28 bits per heavy atom. The summed E-state index contributed by atoms with van der Waals surface area (Å²) >= 11 is 5.85. The molecule has 0 spiro atoms. The first-order chi connectivity index (χ1) is 8.47. The summed E-state index contributed by atoms with van der Waals surface area (Å²) in [6.07, 6.45) is 0.734. The van der Waals surface area contributed by atoms with Crippen LogP contribution < -0.4 is 4.74 Å². The van der Waals surface area contributed by atoms with Crippen molar-refractivity contribution in [3.05, 3.63) is 18.0 Å². The zero-order chi connectivity index (χ0) is 13.3. The summed E-state index contributed by atoms with van der Waals surface area (Å²) in [7, 11) is 1.62. The average molecular weight is 268 g/mol. The summed E-state index contributed by atoms with van der Waals surface area (Å²) in [6, 6.07) is 3.76. The van der Waals surface area contributed by atoms with Crippen LogP contribution in [0.1, 0.15) is 26.6 Å². The maximum atomic E-state index is 5.85. The second-order valence-electron chi connectivity index (χ2n) is 5.17. The molecule has 0 radical (unpaired) electrons. The van der Waals surface area contributed by atoms with E-state index in [2.05, 4.69) is 35.3 Å². The fourth-order valence-corrected chi connectivity index (χ4v) is 2.23. The lowest BCUT2D eigenvalue weighted by molar-refractivity contribution is 0.383. The van der Waals surface area contributed by atoms with Crippen LogP contribution in [0.3, 0.4) is 0 Å². The summed E-state index contributed by atoms with van der Waals surface area (Å²) in [4.78, 5) is 9.10. The van der Waals surface area contributed by atoms with Crippen LogP contribution in [0.15, 0.2) is 12.1 Å². The Hall–Kier alpha value is -1.29. The third kappa shape index (κ3) is 2.29. The number of hydrogen-bond donors (Lipinski definition) is 0. The van der Waals surface area contributed by atoms with Crippen LogP contribution in [-0.2, 0) is 12.0 Å². The van der Waals surface area contributed by atoms with E-state index in [4.69, 9.17) is 16.3 Å². The molecular weight excluding hydrogens is 250 g/mol. The number of hydrogen-bond acceptors (Lipinski definition) is 3. The first-order valence-corrected chi connectivity index (χ1v) is 6.49. The van der Waals surface area contributed by atoms with Gasteiger partial charge in [-0.1, -0.05) is 0 Å². The van der Waals surface area contributed by atoms with E-state index < -0.39 is 0 Å². The molecule has 0 fully saturated rings. The lowest BCUT2D eigenvalue weighted by Gasteiger charge is -2.23. The molecule has 2 aromatic heterocycles. The lowest BCUT2D eigenvalue weighted by atomic mass is 10.1. The summed E-state index contributed by atoms with van der Waals surface area (Å²) < 4.78 is 7.31. The van der Waals surface area contributed by atoms with Crippen LogP contribution in [0.2, 0.25) is 0 Å². The minimum atomic E-state index is -0.0878. The van der Waals surface area contributed by atoms with E-state index >= 15 is 0 Å². The van der Waals surface area contributed by atoms with Crippen LogP contribution in [-0.4, -0.2) is 27.5 Å². The highest BCUT2D eigenvalue weighted by molar-refractivity contribution is 6.17. The molecule has 0 bridgehead atoms. The summed E-state index contributed by atoms with van der Waals surface area (Å²) in [5.41, 5.74) is 1.64. The molecule has 98 valence electrons. The van der Waals surface area contributed by atoms with Crippen LogP contribution in [0, 0.1) is 0 Å². The van der Waals surface area contributed by atoms with Gasteiger partial charge in [-0.3, -0.25) is 0 Å². The van der Waals surface area contributed by atoms with Crippen LogP contribution in [0.5, 0.6) is 5.88 Å².